The van der Waals surface area contributed by atoms with Crippen LogP contribution < -0.4 is 0 Å². The second-order valence-electron chi connectivity index (χ2n) is 3.32. The Kier molecular flexibility index (Phi) is 3.57. The summed E-state index contributed by atoms with van der Waals surface area (Å²) in [7, 11) is 0. The van der Waals surface area contributed by atoms with Gasteiger partial charge in [0.05, 0.1) is 16.1 Å². The Bertz CT molecular complexity index is 240. The van der Waals surface area contributed by atoms with Gasteiger partial charge >= 0.3 is 5.97 Å². The van der Waals surface area contributed by atoms with Crippen molar-refractivity contribution in [1.82, 2.24) is 0 Å². The fourth-order valence-electron chi connectivity index (χ4n) is 0.527. The molecule has 0 aliphatic rings. The van der Waals surface area contributed by atoms with Gasteiger partial charge in [-0.2, -0.15) is 4.02 Å². The van der Waals surface area contributed by atoms with E-state index in [1.807, 2.05) is 0 Å². The highest BCUT2D eigenvalue weighted by molar-refractivity contribution is 9.08. The largest absolute Gasteiger partial charge is 0.476 e. The number of ketones is 1. The predicted octanol–water partition coefficient (Wildman–Crippen LogP) is 1.44. The summed E-state index contributed by atoms with van der Waals surface area (Å²) in [6.45, 7) is 4.91. The lowest BCUT2D eigenvalue weighted by molar-refractivity contribution is -0.131. The number of halogens is 1. The molecule has 0 saturated heterocycles. The van der Waals surface area contributed by atoms with Gasteiger partial charge in [0.25, 0.3) is 0 Å². The predicted molar refractivity (Wildman–Crippen MR) is 48.5 cm³/mol. The zero-order valence-electron chi connectivity index (χ0n) is 7.09. The summed E-state index contributed by atoms with van der Waals surface area (Å²) in [5, 5.41) is 8.53. The minimum Gasteiger partial charge on any atom is -0.476 e. The molecule has 0 amide bonds. The van der Waals surface area contributed by atoms with E-state index in [0.717, 1.165) is 0 Å². The fraction of sp³-hybridized carbons (Fsp3) is 0.571. The number of carbonyl (C=O) groups is 2. The number of Topliss-reactive ketones (excluding diaryl/α,β-unsaturated/α-hetero) is 1. The van der Waals surface area contributed by atoms with Gasteiger partial charge in [0.15, 0.2) is 11.5 Å². The number of hydrogen-bond donors (Lipinski definition) is 1. The van der Waals surface area contributed by atoms with Gasteiger partial charge in [0, 0.05) is 5.41 Å². The third-order valence-electron chi connectivity index (χ3n) is 1.18. The molecule has 68 valence electrons. The molecule has 0 aromatic heterocycles. The summed E-state index contributed by atoms with van der Waals surface area (Å²) in [6, 6.07) is 0. The number of rotatable bonds is 2. The van der Waals surface area contributed by atoms with Crippen LogP contribution in [-0.2, 0) is 9.59 Å². The van der Waals surface area contributed by atoms with Gasteiger partial charge in [-0.15, -0.1) is 0 Å². The summed E-state index contributed by atoms with van der Waals surface area (Å²) in [6.07, 6.45) is 0. The molecule has 0 saturated carbocycles. The van der Waals surface area contributed by atoms with Crippen molar-refractivity contribution < 1.29 is 14.7 Å². The second-order valence-corrected chi connectivity index (χ2v) is 3.67. The maximum absolute atomic E-state index is 11.3. The van der Waals surface area contributed by atoms with Gasteiger partial charge in [0.1, 0.15) is 0 Å². The van der Waals surface area contributed by atoms with E-state index < -0.39 is 22.9 Å². The SMILES string of the molecule is CC(C)(C)C(=O)/C(=N/Br)C(=O)O. The lowest BCUT2D eigenvalue weighted by Gasteiger charge is -2.14. The zero-order chi connectivity index (χ0) is 9.94. The van der Waals surface area contributed by atoms with E-state index in [2.05, 4.69) is 20.2 Å². The summed E-state index contributed by atoms with van der Waals surface area (Å²) in [5.41, 5.74) is -1.19. The Hall–Kier alpha value is -0.710. The molecule has 4 nitrogen and oxygen atoms in total. The summed E-state index contributed by atoms with van der Waals surface area (Å²) >= 11 is 2.60. The Balaban J connectivity index is 4.82. The highest BCUT2D eigenvalue weighted by Gasteiger charge is 2.30. The molecule has 0 atom stereocenters. The first-order valence-corrected chi connectivity index (χ1v) is 3.98. The molecule has 12 heavy (non-hydrogen) atoms. The molecule has 0 aliphatic carbocycles. The van der Waals surface area contributed by atoms with Crippen molar-refractivity contribution in [3.63, 3.8) is 0 Å². The molecule has 0 aromatic carbocycles. The van der Waals surface area contributed by atoms with E-state index in [-0.39, 0.29) is 0 Å². The van der Waals surface area contributed by atoms with Crippen LogP contribution in [0.1, 0.15) is 20.8 Å². The maximum atomic E-state index is 11.3. The standard InChI is InChI=1S/C7H10BrNO3/c1-7(2,3)5(10)4(9-8)6(11)12/h1-3H3,(H,11,12)/b9-4-. The third kappa shape index (κ3) is 2.73. The van der Waals surface area contributed by atoms with Crippen molar-refractivity contribution >= 4 is 33.6 Å². The van der Waals surface area contributed by atoms with Crippen molar-refractivity contribution in [2.75, 3.05) is 0 Å². The quantitative estimate of drug-likeness (QED) is 0.582. The van der Waals surface area contributed by atoms with E-state index >= 15 is 0 Å². The molecule has 0 aliphatic heterocycles. The Morgan fingerprint density at radius 1 is 1.33 bits per heavy atom. The average Bonchev–Trinajstić information content (AvgIpc) is 1.86. The molecule has 0 bridgehead atoms. The smallest absolute Gasteiger partial charge is 0.358 e. The van der Waals surface area contributed by atoms with Crippen LogP contribution in [0.25, 0.3) is 0 Å². The van der Waals surface area contributed by atoms with Crippen LogP contribution >= 0.6 is 16.1 Å². The molecule has 1 N–H and O–H groups in total. The molecule has 0 fully saturated rings. The number of carboxylic acid groups (broad SMARTS) is 1. The van der Waals surface area contributed by atoms with Gasteiger partial charge in [0.2, 0.25) is 0 Å². The zero-order valence-corrected chi connectivity index (χ0v) is 8.67. The molecular formula is C7H10BrNO3. The van der Waals surface area contributed by atoms with E-state index in [4.69, 9.17) is 5.11 Å². The Labute approximate surface area is 79.0 Å². The van der Waals surface area contributed by atoms with Crippen LogP contribution in [-0.4, -0.2) is 22.6 Å². The maximum Gasteiger partial charge on any atom is 0.358 e. The Morgan fingerprint density at radius 3 is 1.83 bits per heavy atom. The van der Waals surface area contributed by atoms with E-state index in [1.165, 1.54) is 0 Å². The van der Waals surface area contributed by atoms with E-state index in [0.29, 0.717) is 0 Å². The number of carbonyl (C=O) groups excluding carboxylic acids is 1. The molecule has 0 rings (SSSR count). The van der Waals surface area contributed by atoms with Crippen LogP contribution in [0, 0.1) is 5.41 Å². The van der Waals surface area contributed by atoms with Crippen LogP contribution in [0.15, 0.2) is 4.02 Å². The third-order valence-corrected chi connectivity index (χ3v) is 1.54. The monoisotopic (exact) mass is 235 g/mol. The molecule has 5 heteroatoms. The molecule has 0 radical (unpaired) electrons. The normalized spacial score (nSPS) is 12.8. The van der Waals surface area contributed by atoms with Crippen molar-refractivity contribution in [3.05, 3.63) is 0 Å². The van der Waals surface area contributed by atoms with E-state index in [1.54, 1.807) is 20.8 Å². The van der Waals surface area contributed by atoms with Gasteiger partial charge in [-0.05, 0) is 0 Å². The molecule has 0 aromatic rings. The molecule has 0 spiro atoms. The first-order valence-electron chi connectivity index (χ1n) is 3.27. The molecule has 0 heterocycles. The highest BCUT2D eigenvalue weighted by atomic mass is 79.9. The topological polar surface area (TPSA) is 66.7 Å². The van der Waals surface area contributed by atoms with Gasteiger partial charge in [-0.25, -0.2) is 4.79 Å². The Morgan fingerprint density at radius 2 is 1.75 bits per heavy atom. The first kappa shape index (κ1) is 11.3. The van der Waals surface area contributed by atoms with Gasteiger partial charge < -0.3 is 5.11 Å². The van der Waals surface area contributed by atoms with Crippen LogP contribution in [0.5, 0.6) is 0 Å². The number of aliphatic carboxylic acids is 1. The number of hydrogen-bond acceptors (Lipinski definition) is 3. The second kappa shape index (κ2) is 3.80. The lowest BCUT2D eigenvalue weighted by atomic mass is 9.88. The minimum absolute atomic E-state index is 0.470. The van der Waals surface area contributed by atoms with Crippen LogP contribution in [0.2, 0.25) is 0 Å². The van der Waals surface area contributed by atoms with Crippen LogP contribution in [0.4, 0.5) is 0 Å². The molecule has 0 unspecified atom stereocenters. The molecular weight excluding hydrogens is 226 g/mol. The van der Waals surface area contributed by atoms with Crippen LogP contribution in [0.3, 0.4) is 0 Å². The van der Waals surface area contributed by atoms with E-state index in [9.17, 15) is 9.59 Å². The number of nitrogens with zero attached hydrogens (tertiary/aromatic N) is 1. The van der Waals surface area contributed by atoms with Crippen molar-refractivity contribution in [2.45, 2.75) is 20.8 Å². The lowest BCUT2D eigenvalue weighted by Crippen LogP contribution is -2.33. The fourth-order valence-corrected chi connectivity index (χ4v) is 0.840. The summed E-state index contributed by atoms with van der Waals surface area (Å²) in [4.78, 5) is 21.7. The van der Waals surface area contributed by atoms with Crippen molar-refractivity contribution in [3.8, 4) is 0 Å². The van der Waals surface area contributed by atoms with Gasteiger partial charge in [-0.1, -0.05) is 20.8 Å². The highest BCUT2D eigenvalue weighted by Crippen LogP contribution is 2.16. The first-order chi connectivity index (χ1) is 5.30. The summed E-state index contributed by atoms with van der Waals surface area (Å²) in [5.74, 6) is -1.81. The van der Waals surface area contributed by atoms with Crippen molar-refractivity contribution in [1.29, 1.82) is 0 Å². The summed E-state index contributed by atoms with van der Waals surface area (Å²) < 4.78 is 3.23. The number of carboxylic acids is 1. The minimum atomic E-state index is -1.31. The van der Waals surface area contributed by atoms with Crippen molar-refractivity contribution in [2.24, 2.45) is 9.43 Å². The average molecular weight is 236 g/mol. The van der Waals surface area contributed by atoms with Gasteiger partial charge in [-0.3, -0.25) is 4.79 Å².